The molecule has 3 heteroatoms. The van der Waals surface area contributed by atoms with E-state index in [0.29, 0.717) is 6.10 Å². The lowest BCUT2D eigenvalue weighted by atomic mass is 9.74. The molecule has 1 unspecified atom stereocenters. The summed E-state index contributed by atoms with van der Waals surface area (Å²) in [6.07, 6.45) is 10.8. The van der Waals surface area contributed by atoms with E-state index < -0.39 is 0 Å². The molecular weight excluding hydrogens is 236 g/mol. The van der Waals surface area contributed by atoms with Gasteiger partial charge in [-0.05, 0) is 57.9 Å². The highest BCUT2D eigenvalue weighted by molar-refractivity contribution is 4.95. The fourth-order valence-electron chi connectivity index (χ4n) is 3.82. The number of hydrogen-bond donors (Lipinski definition) is 1. The largest absolute Gasteiger partial charge is 0.377 e. The molecule has 1 aliphatic carbocycles. The molecule has 2 fully saturated rings. The van der Waals surface area contributed by atoms with E-state index in [-0.39, 0.29) is 5.54 Å². The molecule has 1 aliphatic heterocycles. The molecule has 1 saturated carbocycles. The summed E-state index contributed by atoms with van der Waals surface area (Å²) in [6.45, 7) is 5.13. The van der Waals surface area contributed by atoms with Gasteiger partial charge < -0.3 is 10.5 Å². The summed E-state index contributed by atoms with van der Waals surface area (Å²) in [5.74, 6) is 0.930. The molecule has 0 aromatic carbocycles. The van der Waals surface area contributed by atoms with Gasteiger partial charge in [-0.2, -0.15) is 0 Å². The zero-order valence-corrected chi connectivity index (χ0v) is 12.9. The molecule has 1 atom stereocenters. The Bertz CT molecular complexity index is 255. The molecular formula is C16H32N2O. The lowest BCUT2D eigenvalue weighted by Gasteiger charge is -2.47. The molecule has 0 aromatic heterocycles. The van der Waals surface area contributed by atoms with Crippen LogP contribution in [0.25, 0.3) is 0 Å². The van der Waals surface area contributed by atoms with Gasteiger partial charge in [-0.15, -0.1) is 0 Å². The average molecular weight is 268 g/mol. The number of ether oxygens (including phenoxy) is 1. The van der Waals surface area contributed by atoms with Crippen LogP contribution in [0.1, 0.15) is 58.3 Å². The lowest BCUT2D eigenvalue weighted by Crippen LogP contribution is -2.56. The van der Waals surface area contributed by atoms with Crippen molar-refractivity contribution >= 4 is 0 Å². The quantitative estimate of drug-likeness (QED) is 0.833. The zero-order chi connectivity index (χ0) is 13.7. The maximum absolute atomic E-state index is 6.15. The van der Waals surface area contributed by atoms with E-state index in [1.165, 1.54) is 51.4 Å². The van der Waals surface area contributed by atoms with Crippen LogP contribution in [-0.4, -0.2) is 43.3 Å². The highest BCUT2D eigenvalue weighted by Crippen LogP contribution is 2.37. The highest BCUT2D eigenvalue weighted by atomic mass is 16.5. The lowest BCUT2D eigenvalue weighted by molar-refractivity contribution is -0.0328. The summed E-state index contributed by atoms with van der Waals surface area (Å²) in [5.41, 5.74) is 6.39. The predicted octanol–water partition coefficient (Wildman–Crippen LogP) is 2.79. The second kappa shape index (κ2) is 7.05. The van der Waals surface area contributed by atoms with Crippen LogP contribution in [-0.2, 0) is 4.74 Å². The van der Waals surface area contributed by atoms with Crippen molar-refractivity contribution < 1.29 is 4.74 Å². The van der Waals surface area contributed by atoms with Gasteiger partial charge in [0.05, 0.1) is 6.10 Å². The molecule has 1 heterocycles. The monoisotopic (exact) mass is 268 g/mol. The summed E-state index contributed by atoms with van der Waals surface area (Å²) in [4.78, 5) is 2.52. The van der Waals surface area contributed by atoms with Crippen molar-refractivity contribution in [3.63, 3.8) is 0 Å². The van der Waals surface area contributed by atoms with Gasteiger partial charge in [0.2, 0.25) is 0 Å². The van der Waals surface area contributed by atoms with Gasteiger partial charge in [-0.25, -0.2) is 0 Å². The Kier molecular flexibility index (Phi) is 5.67. The van der Waals surface area contributed by atoms with Crippen LogP contribution >= 0.6 is 0 Å². The molecule has 19 heavy (non-hydrogen) atoms. The Morgan fingerprint density at radius 1 is 1.21 bits per heavy atom. The van der Waals surface area contributed by atoms with E-state index >= 15 is 0 Å². The smallest absolute Gasteiger partial charge is 0.0702 e. The van der Waals surface area contributed by atoms with Crippen LogP contribution < -0.4 is 5.73 Å². The summed E-state index contributed by atoms with van der Waals surface area (Å²) in [6, 6.07) is 0. The number of hydrogen-bond acceptors (Lipinski definition) is 3. The summed E-state index contributed by atoms with van der Waals surface area (Å²) in [5, 5.41) is 0. The third kappa shape index (κ3) is 3.71. The number of nitrogens with zero attached hydrogens (tertiary/aromatic N) is 1. The van der Waals surface area contributed by atoms with Crippen molar-refractivity contribution in [1.82, 2.24) is 4.90 Å². The Morgan fingerprint density at radius 2 is 1.95 bits per heavy atom. The van der Waals surface area contributed by atoms with Gasteiger partial charge >= 0.3 is 0 Å². The van der Waals surface area contributed by atoms with Crippen LogP contribution in [0.5, 0.6) is 0 Å². The molecule has 2 N–H and O–H groups in total. The van der Waals surface area contributed by atoms with Crippen molar-refractivity contribution in [2.45, 2.75) is 69.9 Å². The maximum Gasteiger partial charge on any atom is 0.0702 e. The third-order valence-corrected chi connectivity index (χ3v) is 5.55. The first kappa shape index (κ1) is 15.3. The van der Waals surface area contributed by atoms with Crippen molar-refractivity contribution in [3.05, 3.63) is 0 Å². The van der Waals surface area contributed by atoms with E-state index in [2.05, 4.69) is 18.9 Å². The molecule has 0 spiro atoms. The Hall–Kier alpha value is -0.120. The molecule has 0 radical (unpaired) electrons. The molecule has 2 rings (SSSR count). The fourth-order valence-corrected chi connectivity index (χ4v) is 3.82. The molecule has 3 nitrogen and oxygen atoms in total. The van der Waals surface area contributed by atoms with E-state index in [9.17, 15) is 0 Å². The third-order valence-electron chi connectivity index (χ3n) is 5.55. The van der Waals surface area contributed by atoms with Gasteiger partial charge in [0.15, 0.2) is 0 Å². The minimum atomic E-state index is 0.243. The first-order valence-corrected chi connectivity index (χ1v) is 8.23. The second-order valence-electron chi connectivity index (χ2n) is 6.65. The maximum atomic E-state index is 6.15. The van der Waals surface area contributed by atoms with Crippen molar-refractivity contribution in [1.29, 1.82) is 0 Å². The first-order valence-electron chi connectivity index (χ1n) is 8.23. The first-order chi connectivity index (χ1) is 9.20. The van der Waals surface area contributed by atoms with Crippen molar-refractivity contribution in [3.8, 4) is 0 Å². The van der Waals surface area contributed by atoms with Gasteiger partial charge in [0, 0.05) is 25.2 Å². The van der Waals surface area contributed by atoms with Gasteiger partial charge in [-0.3, -0.25) is 4.90 Å². The number of rotatable bonds is 5. The van der Waals surface area contributed by atoms with E-state index in [4.69, 9.17) is 10.5 Å². The SMILES string of the molecule is CCC1CCC(CN)(N(C)CC2CCCCO2)CC1. The van der Waals surface area contributed by atoms with Crippen LogP contribution in [0.15, 0.2) is 0 Å². The zero-order valence-electron chi connectivity index (χ0n) is 12.9. The van der Waals surface area contributed by atoms with Crippen LogP contribution in [0, 0.1) is 5.92 Å². The predicted molar refractivity (Wildman–Crippen MR) is 80.3 cm³/mol. The van der Waals surface area contributed by atoms with Crippen LogP contribution in [0.3, 0.4) is 0 Å². The topological polar surface area (TPSA) is 38.5 Å². The highest BCUT2D eigenvalue weighted by Gasteiger charge is 2.38. The second-order valence-corrected chi connectivity index (χ2v) is 6.65. The average Bonchev–Trinajstić information content (AvgIpc) is 2.48. The standard InChI is InChI=1S/C16H32N2O/c1-3-14-7-9-16(13-17,10-8-14)18(2)12-15-6-4-5-11-19-15/h14-15H,3-13,17H2,1-2H3. The van der Waals surface area contributed by atoms with E-state index in [1.54, 1.807) is 0 Å². The van der Waals surface area contributed by atoms with Crippen molar-refractivity contribution in [2.24, 2.45) is 11.7 Å². The Labute approximate surface area is 118 Å². The summed E-state index contributed by atoms with van der Waals surface area (Å²) < 4.78 is 5.89. The summed E-state index contributed by atoms with van der Waals surface area (Å²) in [7, 11) is 2.26. The minimum absolute atomic E-state index is 0.243. The molecule has 2 aliphatic rings. The molecule has 0 aromatic rings. The molecule has 112 valence electrons. The molecule has 0 bridgehead atoms. The number of likely N-dealkylation sites (N-methyl/N-ethyl adjacent to an activating group) is 1. The Balaban J connectivity index is 1.88. The summed E-state index contributed by atoms with van der Waals surface area (Å²) >= 11 is 0. The van der Waals surface area contributed by atoms with Gasteiger partial charge in [0.1, 0.15) is 0 Å². The normalized spacial score (nSPS) is 36.6. The van der Waals surface area contributed by atoms with Gasteiger partial charge in [-0.1, -0.05) is 13.3 Å². The van der Waals surface area contributed by atoms with Gasteiger partial charge in [0.25, 0.3) is 0 Å². The number of nitrogens with two attached hydrogens (primary N) is 1. The molecule has 1 saturated heterocycles. The van der Waals surface area contributed by atoms with Crippen LogP contribution in [0.2, 0.25) is 0 Å². The van der Waals surface area contributed by atoms with Crippen LogP contribution in [0.4, 0.5) is 0 Å². The fraction of sp³-hybridized carbons (Fsp3) is 1.00. The van der Waals surface area contributed by atoms with E-state index in [1.807, 2.05) is 0 Å². The Morgan fingerprint density at radius 3 is 2.47 bits per heavy atom. The minimum Gasteiger partial charge on any atom is -0.377 e. The molecule has 0 amide bonds. The van der Waals surface area contributed by atoms with E-state index in [0.717, 1.165) is 25.6 Å². The van der Waals surface area contributed by atoms with Crippen molar-refractivity contribution in [2.75, 3.05) is 26.7 Å².